The second-order valence-corrected chi connectivity index (χ2v) is 11.4. The molecule has 3 fully saturated rings. The van der Waals surface area contributed by atoms with E-state index in [1.807, 2.05) is 4.90 Å². The van der Waals surface area contributed by atoms with Gasteiger partial charge in [0.05, 0.1) is 31.2 Å². The molecule has 3 heterocycles. The number of aromatic nitrogens is 2. The van der Waals surface area contributed by atoms with Gasteiger partial charge in [-0.15, -0.1) is 0 Å². The maximum Gasteiger partial charge on any atom is 0.451 e. The first-order valence-corrected chi connectivity index (χ1v) is 13.4. The van der Waals surface area contributed by atoms with Gasteiger partial charge in [-0.2, -0.15) is 17.5 Å². The molecule has 3 aliphatic rings. The number of likely N-dealkylation sites (N-methyl/N-ethyl adjacent to an activating group) is 1. The first-order chi connectivity index (χ1) is 16.0. The van der Waals surface area contributed by atoms with E-state index in [1.54, 1.807) is 18.0 Å². The topological polar surface area (TPSA) is 88.1 Å². The predicted octanol–water partition coefficient (Wildman–Crippen LogP) is 2.13. The number of ether oxygens (including phenoxy) is 2. The van der Waals surface area contributed by atoms with E-state index in [0.717, 1.165) is 38.4 Å². The van der Waals surface area contributed by atoms with Crippen molar-refractivity contribution in [3.8, 4) is 0 Å². The monoisotopic (exact) mass is 507 g/mol. The van der Waals surface area contributed by atoms with Crippen LogP contribution in [-0.2, 0) is 25.7 Å². The summed E-state index contributed by atoms with van der Waals surface area (Å²) in [5, 5.41) is 0. The van der Waals surface area contributed by atoms with Crippen molar-refractivity contribution in [3.05, 3.63) is 11.9 Å². The maximum atomic E-state index is 13.7. The Morgan fingerprint density at radius 1 is 1.18 bits per heavy atom. The zero-order valence-electron chi connectivity index (χ0n) is 19.6. The molecule has 9 nitrogen and oxygen atoms in total. The largest absolute Gasteiger partial charge is 0.451 e. The Morgan fingerprint density at radius 3 is 2.59 bits per heavy atom. The van der Waals surface area contributed by atoms with Crippen LogP contribution in [0.2, 0.25) is 0 Å². The second kappa shape index (κ2) is 9.75. The van der Waals surface area contributed by atoms with E-state index >= 15 is 0 Å². The number of anilines is 2. The summed E-state index contributed by atoms with van der Waals surface area (Å²) < 4.78 is 77.9. The lowest BCUT2D eigenvalue weighted by Crippen LogP contribution is -2.53. The van der Waals surface area contributed by atoms with Gasteiger partial charge in [0.2, 0.25) is 15.8 Å². The molecule has 34 heavy (non-hydrogen) atoms. The van der Waals surface area contributed by atoms with Gasteiger partial charge in [0.1, 0.15) is 11.6 Å². The number of hydrogen-bond donors (Lipinski definition) is 0. The molecule has 1 aromatic rings. The van der Waals surface area contributed by atoms with Crippen molar-refractivity contribution in [2.75, 3.05) is 69.0 Å². The normalized spacial score (nSPS) is 24.4. The molecule has 13 heteroatoms. The first-order valence-electron chi connectivity index (χ1n) is 11.6. The van der Waals surface area contributed by atoms with Crippen molar-refractivity contribution in [3.63, 3.8) is 0 Å². The summed E-state index contributed by atoms with van der Waals surface area (Å²) >= 11 is 0. The summed E-state index contributed by atoms with van der Waals surface area (Å²) in [5.74, 6) is -0.861. The Bertz CT molecular complexity index is 966. The molecule has 0 N–H and O–H groups in total. The third-order valence-electron chi connectivity index (χ3n) is 6.73. The standard InChI is InChI=1S/C21H32F3N5O4S/c1-27(13-16-14-29(9-10-32-16)34(2,30)31)17-12-18(26-19(25-17)21(22,23)24)28-8-11-33-20(15-28)6-4-3-5-7-20/h12,16H,3-11,13-15H2,1-2H3/t16-/m1/s1. The van der Waals surface area contributed by atoms with E-state index < -0.39 is 28.1 Å². The lowest BCUT2D eigenvalue weighted by molar-refractivity contribution is -0.144. The number of sulfonamides is 1. The van der Waals surface area contributed by atoms with Gasteiger partial charge in [-0.25, -0.2) is 18.4 Å². The molecule has 2 aliphatic heterocycles. The van der Waals surface area contributed by atoms with Crippen LogP contribution in [0.5, 0.6) is 0 Å². The smallest absolute Gasteiger partial charge is 0.374 e. The highest BCUT2D eigenvalue weighted by molar-refractivity contribution is 7.88. The van der Waals surface area contributed by atoms with Crippen LogP contribution in [0.1, 0.15) is 37.9 Å². The average molecular weight is 508 g/mol. The molecule has 1 atom stereocenters. The molecule has 1 aromatic heterocycles. The van der Waals surface area contributed by atoms with Crippen LogP contribution in [-0.4, -0.2) is 93.6 Å². The highest BCUT2D eigenvalue weighted by Crippen LogP contribution is 2.37. The molecule has 192 valence electrons. The van der Waals surface area contributed by atoms with Gasteiger partial charge in [0, 0.05) is 45.8 Å². The van der Waals surface area contributed by atoms with E-state index in [0.29, 0.717) is 19.7 Å². The highest BCUT2D eigenvalue weighted by atomic mass is 32.2. The Morgan fingerprint density at radius 2 is 1.91 bits per heavy atom. The van der Waals surface area contributed by atoms with Gasteiger partial charge >= 0.3 is 6.18 Å². The molecule has 0 unspecified atom stereocenters. The lowest BCUT2D eigenvalue weighted by Gasteiger charge is -2.45. The molecule has 0 bridgehead atoms. The Hall–Kier alpha value is -1.70. The SMILES string of the molecule is CN(C[C@@H]1CN(S(C)(=O)=O)CCO1)c1cc(N2CCOC3(CCCCC3)C2)nc(C(F)(F)F)n1. The second-order valence-electron chi connectivity index (χ2n) is 9.41. The summed E-state index contributed by atoms with van der Waals surface area (Å²) in [5.41, 5.74) is -0.336. The van der Waals surface area contributed by atoms with Gasteiger partial charge < -0.3 is 19.3 Å². The summed E-state index contributed by atoms with van der Waals surface area (Å²) in [6.07, 6.45) is 0.964. The molecular weight excluding hydrogens is 475 g/mol. The summed E-state index contributed by atoms with van der Waals surface area (Å²) in [6.45, 7) is 2.20. The van der Waals surface area contributed by atoms with Gasteiger partial charge in [-0.3, -0.25) is 0 Å². The zero-order chi connectivity index (χ0) is 24.6. The van der Waals surface area contributed by atoms with Crippen LogP contribution >= 0.6 is 0 Å². The number of halogens is 3. The molecule has 1 spiro atoms. The molecule has 4 rings (SSSR count). The molecule has 2 saturated heterocycles. The molecule has 0 aromatic carbocycles. The third-order valence-corrected chi connectivity index (χ3v) is 8.00. The summed E-state index contributed by atoms with van der Waals surface area (Å²) in [7, 11) is -1.76. The van der Waals surface area contributed by atoms with E-state index in [1.165, 1.54) is 4.31 Å². The maximum absolute atomic E-state index is 13.7. The number of morpholine rings is 2. The minimum absolute atomic E-state index is 0.113. The minimum atomic E-state index is -4.70. The predicted molar refractivity (Wildman–Crippen MR) is 120 cm³/mol. The first kappa shape index (κ1) is 25.4. The van der Waals surface area contributed by atoms with Crippen LogP contribution < -0.4 is 9.80 Å². The summed E-state index contributed by atoms with van der Waals surface area (Å²) in [6, 6.07) is 1.56. The number of hydrogen-bond acceptors (Lipinski definition) is 8. The van der Waals surface area contributed by atoms with Crippen molar-refractivity contribution in [1.82, 2.24) is 14.3 Å². The molecule has 1 saturated carbocycles. The average Bonchev–Trinajstić information content (AvgIpc) is 2.78. The minimum Gasteiger partial charge on any atom is -0.374 e. The Labute approximate surface area is 198 Å². The number of alkyl halides is 3. The van der Waals surface area contributed by atoms with Crippen molar-refractivity contribution in [1.29, 1.82) is 0 Å². The van der Waals surface area contributed by atoms with Gasteiger partial charge in [-0.1, -0.05) is 19.3 Å². The fraction of sp³-hybridized carbons (Fsp3) is 0.810. The van der Waals surface area contributed by atoms with E-state index in [-0.39, 0.29) is 43.5 Å². The van der Waals surface area contributed by atoms with Crippen LogP contribution in [0.3, 0.4) is 0 Å². The zero-order valence-corrected chi connectivity index (χ0v) is 20.4. The number of rotatable bonds is 5. The van der Waals surface area contributed by atoms with Crippen LogP contribution in [0.4, 0.5) is 24.8 Å². The van der Waals surface area contributed by atoms with Crippen molar-refractivity contribution in [2.45, 2.75) is 50.0 Å². The van der Waals surface area contributed by atoms with E-state index in [9.17, 15) is 21.6 Å². The van der Waals surface area contributed by atoms with Crippen LogP contribution in [0, 0.1) is 0 Å². The van der Waals surface area contributed by atoms with Gasteiger partial charge in [0.25, 0.3) is 0 Å². The van der Waals surface area contributed by atoms with Gasteiger partial charge in [0.15, 0.2) is 0 Å². The molecule has 0 radical (unpaired) electrons. The van der Waals surface area contributed by atoms with E-state index in [4.69, 9.17) is 9.47 Å². The lowest BCUT2D eigenvalue weighted by atomic mass is 9.83. The highest BCUT2D eigenvalue weighted by Gasteiger charge is 2.40. The fourth-order valence-electron chi connectivity index (χ4n) is 4.95. The van der Waals surface area contributed by atoms with Crippen molar-refractivity contribution in [2.24, 2.45) is 0 Å². The fourth-order valence-corrected chi connectivity index (χ4v) is 5.79. The third kappa shape index (κ3) is 5.92. The van der Waals surface area contributed by atoms with E-state index in [2.05, 4.69) is 9.97 Å². The summed E-state index contributed by atoms with van der Waals surface area (Å²) in [4.78, 5) is 11.1. The van der Waals surface area contributed by atoms with Crippen molar-refractivity contribution >= 4 is 21.7 Å². The Balaban J connectivity index is 1.56. The van der Waals surface area contributed by atoms with Gasteiger partial charge in [-0.05, 0) is 12.8 Å². The molecule has 0 amide bonds. The van der Waals surface area contributed by atoms with Crippen LogP contribution in [0.25, 0.3) is 0 Å². The number of nitrogens with zero attached hydrogens (tertiary/aromatic N) is 5. The molecule has 1 aliphatic carbocycles. The molecular formula is C21H32F3N5O4S. The van der Waals surface area contributed by atoms with Crippen LogP contribution in [0.15, 0.2) is 6.07 Å². The Kier molecular flexibility index (Phi) is 7.28. The van der Waals surface area contributed by atoms with Crippen molar-refractivity contribution < 1.29 is 31.1 Å². The quantitative estimate of drug-likeness (QED) is 0.599.